The van der Waals surface area contributed by atoms with Crippen LogP contribution in [-0.4, -0.2) is 24.2 Å². The molecule has 0 aliphatic heterocycles. The topological polar surface area (TPSA) is 45.6 Å². The molecule has 0 amide bonds. The van der Waals surface area contributed by atoms with Crippen molar-refractivity contribution in [2.24, 2.45) is 0 Å². The Balaban J connectivity index is 2.31. The van der Waals surface area contributed by atoms with Crippen molar-refractivity contribution >= 4 is 17.0 Å². The van der Waals surface area contributed by atoms with E-state index in [9.17, 15) is 5.11 Å². The van der Waals surface area contributed by atoms with E-state index in [0.29, 0.717) is 12.3 Å². The smallest absolute Gasteiger partial charge is 0.126 e. The zero-order chi connectivity index (χ0) is 14.7. The molecule has 0 aliphatic carbocycles. The van der Waals surface area contributed by atoms with Crippen molar-refractivity contribution in [1.82, 2.24) is 4.98 Å². The number of ether oxygens (including phenoxy) is 1. The van der Waals surface area contributed by atoms with Gasteiger partial charge in [-0.3, -0.25) is 0 Å². The zero-order valence-corrected chi connectivity index (χ0v) is 13.1. The maximum absolute atomic E-state index is 10.0. The average molecular weight is 292 g/mol. The number of aryl methyl sites for hydroxylation is 1. The number of aliphatic hydroxyl groups is 1. The number of nitrogens with zero attached hydrogens (tertiary/aromatic N) is 2. The van der Waals surface area contributed by atoms with Gasteiger partial charge in [0.05, 0.1) is 30.5 Å². The molecule has 1 aromatic carbocycles. The van der Waals surface area contributed by atoms with E-state index >= 15 is 0 Å². The van der Waals surface area contributed by atoms with Crippen LogP contribution in [0.15, 0.2) is 23.6 Å². The van der Waals surface area contributed by atoms with E-state index in [2.05, 4.69) is 15.3 Å². The number of anilines is 1. The van der Waals surface area contributed by atoms with Crippen LogP contribution < -0.4 is 9.64 Å². The fourth-order valence-corrected chi connectivity index (χ4v) is 2.88. The predicted octanol–water partition coefficient (Wildman–Crippen LogP) is 3.15. The molecule has 0 bridgehead atoms. The Kier molecular flexibility index (Phi) is 4.62. The number of hydrogen-bond donors (Lipinski definition) is 1. The first-order valence-electron chi connectivity index (χ1n) is 6.50. The third-order valence-corrected chi connectivity index (χ3v) is 3.98. The van der Waals surface area contributed by atoms with Crippen molar-refractivity contribution in [3.63, 3.8) is 0 Å². The fraction of sp³-hybridized carbons (Fsp3) is 0.400. The number of methoxy groups -OCH3 is 1. The highest BCUT2D eigenvalue weighted by atomic mass is 32.1. The van der Waals surface area contributed by atoms with Gasteiger partial charge in [0.25, 0.3) is 0 Å². The molecule has 0 unspecified atom stereocenters. The van der Waals surface area contributed by atoms with Crippen LogP contribution in [0.1, 0.15) is 29.3 Å². The van der Waals surface area contributed by atoms with Gasteiger partial charge in [-0.05, 0) is 26.0 Å². The molecule has 0 aliphatic rings. The Morgan fingerprint density at radius 3 is 2.75 bits per heavy atom. The molecule has 20 heavy (non-hydrogen) atoms. The third kappa shape index (κ3) is 3.11. The summed E-state index contributed by atoms with van der Waals surface area (Å²) in [5.41, 5.74) is 2.81. The van der Waals surface area contributed by atoms with Gasteiger partial charge in [-0.15, -0.1) is 11.3 Å². The zero-order valence-electron chi connectivity index (χ0n) is 12.3. The van der Waals surface area contributed by atoms with Crippen molar-refractivity contribution in [1.29, 1.82) is 0 Å². The number of aromatic nitrogens is 1. The van der Waals surface area contributed by atoms with E-state index in [1.807, 2.05) is 32.2 Å². The largest absolute Gasteiger partial charge is 0.496 e. The summed E-state index contributed by atoms with van der Waals surface area (Å²) in [6.07, 6.45) is -0.583. The third-order valence-electron chi connectivity index (χ3n) is 3.16. The second kappa shape index (κ2) is 6.24. The summed E-state index contributed by atoms with van der Waals surface area (Å²) in [4.78, 5) is 6.56. The summed E-state index contributed by atoms with van der Waals surface area (Å²) >= 11 is 1.65. The molecule has 0 saturated heterocycles. The number of aliphatic hydroxyl groups excluding tert-OH is 1. The molecule has 2 rings (SSSR count). The van der Waals surface area contributed by atoms with E-state index in [-0.39, 0.29) is 0 Å². The molecule has 5 heteroatoms. The standard InChI is InChI=1S/C15H20N2O2S/c1-10(18)15-13(6-5-7-14(15)19-4)17(3)8-12-9-20-11(2)16-12/h5-7,9-10,18H,8H2,1-4H3/t10-/m1/s1. The summed E-state index contributed by atoms with van der Waals surface area (Å²) in [7, 11) is 3.62. The molecule has 0 saturated carbocycles. The number of thiazole rings is 1. The van der Waals surface area contributed by atoms with Gasteiger partial charge < -0.3 is 14.7 Å². The molecule has 0 radical (unpaired) electrons. The van der Waals surface area contributed by atoms with Crippen LogP contribution in [-0.2, 0) is 6.54 Å². The Labute approximate surface area is 123 Å². The number of rotatable bonds is 5. The minimum Gasteiger partial charge on any atom is -0.496 e. The molecule has 1 heterocycles. The number of benzene rings is 1. The molecule has 2 aromatic rings. The molecular formula is C15H20N2O2S. The van der Waals surface area contributed by atoms with E-state index in [0.717, 1.165) is 22.0 Å². The first kappa shape index (κ1) is 14.8. The first-order valence-corrected chi connectivity index (χ1v) is 7.38. The lowest BCUT2D eigenvalue weighted by molar-refractivity contribution is 0.194. The van der Waals surface area contributed by atoms with Crippen LogP contribution in [0.4, 0.5) is 5.69 Å². The summed E-state index contributed by atoms with van der Waals surface area (Å²) in [5.74, 6) is 0.707. The molecular weight excluding hydrogens is 272 g/mol. The minimum atomic E-state index is -0.583. The quantitative estimate of drug-likeness (QED) is 0.919. The van der Waals surface area contributed by atoms with Crippen LogP contribution in [0, 0.1) is 6.92 Å². The SMILES string of the molecule is COc1cccc(N(C)Cc2csc(C)n2)c1[C@@H](C)O. The molecule has 0 fully saturated rings. The van der Waals surface area contributed by atoms with Crippen LogP contribution in [0.5, 0.6) is 5.75 Å². The Bertz CT molecular complexity index is 581. The van der Waals surface area contributed by atoms with Gasteiger partial charge in [-0.1, -0.05) is 6.07 Å². The molecule has 4 nitrogen and oxygen atoms in total. The van der Waals surface area contributed by atoms with Gasteiger partial charge in [0.1, 0.15) is 5.75 Å². The fourth-order valence-electron chi connectivity index (χ4n) is 2.27. The van der Waals surface area contributed by atoms with E-state index in [4.69, 9.17) is 4.74 Å². The molecule has 1 atom stereocenters. The highest BCUT2D eigenvalue weighted by Gasteiger charge is 2.17. The average Bonchev–Trinajstić information content (AvgIpc) is 2.82. The highest BCUT2D eigenvalue weighted by Crippen LogP contribution is 2.34. The second-order valence-corrected chi connectivity index (χ2v) is 5.85. The van der Waals surface area contributed by atoms with Crippen molar-refractivity contribution in [3.05, 3.63) is 39.8 Å². The van der Waals surface area contributed by atoms with Crippen LogP contribution in [0.3, 0.4) is 0 Å². The predicted molar refractivity (Wildman–Crippen MR) is 82.6 cm³/mol. The second-order valence-electron chi connectivity index (χ2n) is 4.78. The van der Waals surface area contributed by atoms with Crippen molar-refractivity contribution in [2.45, 2.75) is 26.5 Å². The maximum Gasteiger partial charge on any atom is 0.126 e. The Hall–Kier alpha value is -1.59. The van der Waals surface area contributed by atoms with E-state index in [1.165, 1.54) is 0 Å². The van der Waals surface area contributed by atoms with Gasteiger partial charge in [-0.25, -0.2) is 4.98 Å². The van der Waals surface area contributed by atoms with Crippen LogP contribution >= 0.6 is 11.3 Å². The van der Waals surface area contributed by atoms with Gasteiger partial charge in [0, 0.05) is 23.7 Å². The van der Waals surface area contributed by atoms with Gasteiger partial charge >= 0.3 is 0 Å². The maximum atomic E-state index is 10.0. The lowest BCUT2D eigenvalue weighted by atomic mass is 10.1. The summed E-state index contributed by atoms with van der Waals surface area (Å²) in [6, 6.07) is 5.79. The lowest BCUT2D eigenvalue weighted by Gasteiger charge is -2.24. The lowest BCUT2D eigenvalue weighted by Crippen LogP contribution is -2.19. The summed E-state index contributed by atoms with van der Waals surface area (Å²) in [6.45, 7) is 4.46. The van der Waals surface area contributed by atoms with Gasteiger partial charge in [-0.2, -0.15) is 0 Å². The van der Waals surface area contributed by atoms with E-state index in [1.54, 1.807) is 25.4 Å². The molecule has 1 aromatic heterocycles. The molecule has 1 N–H and O–H groups in total. The molecule has 108 valence electrons. The summed E-state index contributed by atoms with van der Waals surface area (Å²) < 4.78 is 5.35. The number of hydrogen-bond acceptors (Lipinski definition) is 5. The van der Waals surface area contributed by atoms with Crippen molar-refractivity contribution in [3.8, 4) is 5.75 Å². The van der Waals surface area contributed by atoms with Crippen LogP contribution in [0.2, 0.25) is 0 Å². The summed E-state index contributed by atoms with van der Waals surface area (Å²) in [5, 5.41) is 13.1. The van der Waals surface area contributed by atoms with Gasteiger partial charge in [0.2, 0.25) is 0 Å². The van der Waals surface area contributed by atoms with Crippen molar-refractivity contribution in [2.75, 3.05) is 19.1 Å². The minimum absolute atomic E-state index is 0.583. The van der Waals surface area contributed by atoms with E-state index < -0.39 is 6.10 Å². The Morgan fingerprint density at radius 1 is 1.45 bits per heavy atom. The van der Waals surface area contributed by atoms with Crippen LogP contribution in [0.25, 0.3) is 0 Å². The first-order chi connectivity index (χ1) is 9.52. The highest BCUT2D eigenvalue weighted by molar-refractivity contribution is 7.09. The molecule has 0 spiro atoms. The normalized spacial score (nSPS) is 12.2. The van der Waals surface area contributed by atoms with Gasteiger partial charge in [0.15, 0.2) is 0 Å². The van der Waals surface area contributed by atoms with Crippen molar-refractivity contribution < 1.29 is 9.84 Å². The Morgan fingerprint density at radius 2 is 2.20 bits per heavy atom. The monoisotopic (exact) mass is 292 g/mol.